The van der Waals surface area contributed by atoms with Gasteiger partial charge in [-0.2, -0.15) is 11.8 Å². The van der Waals surface area contributed by atoms with Crippen LogP contribution in [0.25, 0.3) is 0 Å². The van der Waals surface area contributed by atoms with Crippen LogP contribution >= 0.6 is 11.8 Å². The summed E-state index contributed by atoms with van der Waals surface area (Å²) < 4.78 is 0. The fraction of sp³-hybridized carbons (Fsp3) is 0.900. The summed E-state index contributed by atoms with van der Waals surface area (Å²) in [5.74, 6) is 2.87. The summed E-state index contributed by atoms with van der Waals surface area (Å²) in [6.07, 6.45) is 2.98. The van der Waals surface area contributed by atoms with Crippen molar-refractivity contribution in [2.24, 2.45) is 0 Å². The fourth-order valence-electron chi connectivity index (χ4n) is 1.56. The summed E-state index contributed by atoms with van der Waals surface area (Å²) in [7, 11) is 0. The SMILES string of the molecule is CCCC(=O)CN1CCCSCC1. The van der Waals surface area contributed by atoms with E-state index in [4.69, 9.17) is 0 Å². The van der Waals surface area contributed by atoms with E-state index in [1.807, 2.05) is 11.8 Å². The predicted octanol–water partition coefficient (Wildman–Crippen LogP) is 1.79. The molecule has 0 aromatic carbocycles. The summed E-state index contributed by atoms with van der Waals surface area (Å²) in [6, 6.07) is 0. The van der Waals surface area contributed by atoms with Gasteiger partial charge in [-0.25, -0.2) is 0 Å². The predicted molar refractivity (Wildman–Crippen MR) is 58.3 cm³/mol. The summed E-state index contributed by atoms with van der Waals surface area (Å²) in [6.45, 7) is 4.97. The van der Waals surface area contributed by atoms with Gasteiger partial charge in [0.2, 0.25) is 0 Å². The molecule has 1 saturated heterocycles. The first-order valence-electron chi connectivity index (χ1n) is 5.14. The van der Waals surface area contributed by atoms with Gasteiger partial charge >= 0.3 is 0 Å². The molecule has 0 atom stereocenters. The second-order valence-corrected chi connectivity index (χ2v) is 4.76. The van der Waals surface area contributed by atoms with E-state index in [1.165, 1.54) is 17.9 Å². The summed E-state index contributed by atoms with van der Waals surface area (Å²) in [5, 5.41) is 0. The Labute approximate surface area is 85.1 Å². The number of ketones is 1. The van der Waals surface area contributed by atoms with Crippen molar-refractivity contribution >= 4 is 17.5 Å². The average Bonchev–Trinajstić information content (AvgIpc) is 2.33. The third-order valence-electron chi connectivity index (χ3n) is 2.24. The minimum absolute atomic E-state index is 0.411. The molecule has 0 unspecified atom stereocenters. The Bertz CT molecular complexity index is 153. The van der Waals surface area contributed by atoms with Crippen molar-refractivity contribution in [2.45, 2.75) is 26.2 Å². The van der Waals surface area contributed by atoms with Crippen molar-refractivity contribution in [2.75, 3.05) is 31.1 Å². The molecule has 0 bridgehead atoms. The molecule has 0 amide bonds. The zero-order chi connectivity index (χ0) is 9.52. The highest BCUT2D eigenvalue weighted by Gasteiger charge is 2.11. The maximum absolute atomic E-state index is 11.4. The van der Waals surface area contributed by atoms with Crippen LogP contribution < -0.4 is 0 Å². The zero-order valence-electron chi connectivity index (χ0n) is 8.42. The molecule has 1 rings (SSSR count). The van der Waals surface area contributed by atoms with Crippen molar-refractivity contribution in [3.63, 3.8) is 0 Å². The van der Waals surface area contributed by atoms with Crippen LogP contribution in [0, 0.1) is 0 Å². The summed E-state index contributed by atoms with van der Waals surface area (Å²) >= 11 is 2.01. The van der Waals surface area contributed by atoms with Crippen LogP contribution in [0.1, 0.15) is 26.2 Å². The Morgan fingerprint density at radius 1 is 1.38 bits per heavy atom. The molecule has 0 spiro atoms. The lowest BCUT2D eigenvalue weighted by atomic mass is 10.2. The normalized spacial score (nSPS) is 19.8. The number of nitrogens with zero attached hydrogens (tertiary/aromatic N) is 1. The number of carbonyl (C=O) groups excluding carboxylic acids is 1. The maximum atomic E-state index is 11.4. The van der Waals surface area contributed by atoms with E-state index < -0.39 is 0 Å². The molecule has 0 aromatic heterocycles. The number of rotatable bonds is 4. The molecule has 0 aromatic rings. The van der Waals surface area contributed by atoms with E-state index in [0.29, 0.717) is 12.3 Å². The maximum Gasteiger partial charge on any atom is 0.146 e. The minimum atomic E-state index is 0.411. The molecule has 3 heteroatoms. The van der Waals surface area contributed by atoms with E-state index in [1.54, 1.807) is 0 Å². The van der Waals surface area contributed by atoms with E-state index in [2.05, 4.69) is 11.8 Å². The third-order valence-corrected chi connectivity index (χ3v) is 3.29. The first kappa shape index (κ1) is 11.1. The van der Waals surface area contributed by atoms with Crippen LogP contribution in [0.15, 0.2) is 0 Å². The van der Waals surface area contributed by atoms with Crippen molar-refractivity contribution < 1.29 is 4.79 Å². The van der Waals surface area contributed by atoms with Gasteiger partial charge < -0.3 is 0 Å². The molecule has 0 aliphatic carbocycles. The standard InChI is InChI=1S/C10H19NOS/c1-2-4-10(12)9-11-5-3-7-13-8-6-11/h2-9H2,1H3. The molecule has 0 saturated carbocycles. The molecule has 0 radical (unpaired) electrons. The van der Waals surface area contributed by atoms with Crippen LogP contribution in [0.3, 0.4) is 0 Å². The van der Waals surface area contributed by atoms with E-state index in [0.717, 1.165) is 25.9 Å². The quantitative estimate of drug-likeness (QED) is 0.691. The highest BCUT2D eigenvalue weighted by atomic mass is 32.2. The molecule has 13 heavy (non-hydrogen) atoms. The van der Waals surface area contributed by atoms with Crippen molar-refractivity contribution in [1.82, 2.24) is 4.90 Å². The van der Waals surface area contributed by atoms with Crippen LogP contribution in [0.4, 0.5) is 0 Å². The summed E-state index contributed by atoms with van der Waals surface area (Å²) in [5.41, 5.74) is 0. The van der Waals surface area contributed by atoms with Crippen molar-refractivity contribution in [3.05, 3.63) is 0 Å². The van der Waals surface area contributed by atoms with Gasteiger partial charge in [0, 0.05) is 18.7 Å². The molecular formula is C10H19NOS. The molecule has 1 fully saturated rings. The number of hydrogen-bond donors (Lipinski definition) is 0. The van der Waals surface area contributed by atoms with Crippen LogP contribution in [0.2, 0.25) is 0 Å². The topological polar surface area (TPSA) is 20.3 Å². The number of Topliss-reactive ketones (excluding diaryl/α,β-unsaturated/α-hetero) is 1. The lowest BCUT2D eigenvalue weighted by Crippen LogP contribution is -2.31. The summed E-state index contributed by atoms with van der Waals surface area (Å²) in [4.78, 5) is 13.7. The van der Waals surface area contributed by atoms with Gasteiger partial charge in [-0.3, -0.25) is 9.69 Å². The molecule has 1 aliphatic heterocycles. The largest absolute Gasteiger partial charge is 0.298 e. The number of carbonyl (C=O) groups is 1. The van der Waals surface area contributed by atoms with Crippen molar-refractivity contribution in [1.29, 1.82) is 0 Å². The van der Waals surface area contributed by atoms with Crippen LogP contribution in [-0.2, 0) is 4.79 Å². The second-order valence-electron chi connectivity index (χ2n) is 3.53. The highest BCUT2D eigenvalue weighted by Crippen LogP contribution is 2.09. The highest BCUT2D eigenvalue weighted by molar-refractivity contribution is 7.99. The fourth-order valence-corrected chi connectivity index (χ4v) is 2.49. The molecular weight excluding hydrogens is 182 g/mol. The van der Waals surface area contributed by atoms with Gasteiger partial charge in [0.05, 0.1) is 6.54 Å². The van der Waals surface area contributed by atoms with E-state index >= 15 is 0 Å². The molecule has 76 valence electrons. The first-order valence-corrected chi connectivity index (χ1v) is 6.30. The van der Waals surface area contributed by atoms with Crippen LogP contribution in [0.5, 0.6) is 0 Å². The lowest BCUT2D eigenvalue weighted by Gasteiger charge is -2.17. The lowest BCUT2D eigenvalue weighted by molar-refractivity contribution is -0.120. The third kappa shape index (κ3) is 4.67. The Hall–Kier alpha value is -0.0200. The molecule has 1 heterocycles. The van der Waals surface area contributed by atoms with Gasteiger partial charge in [-0.15, -0.1) is 0 Å². The van der Waals surface area contributed by atoms with Gasteiger partial charge in [0.15, 0.2) is 0 Å². The van der Waals surface area contributed by atoms with Gasteiger partial charge in [0.25, 0.3) is 0 Å². The Morgan fingerprint density at radius 2 is 2.23 bits per heavy atom. The number of hydrogen-bond acceptors (Lipinski definition) is 3. The monoisotopic (exact) mass is 201 g/mol. The van der Waals surface area contributed by atoms with Gasteiger partial charge in [0.1, 0.15) is 5.78 Å². The molecule has 1 aliphatic rings. The van der Waals surface area contributed by atoms with E-state index in [-0.39, 0.29) is 0 Å². The van der Waals surface area contributed by atoms with Crippen molar-refractivity contribution in [3.8, 4) is 0 Å². The van der Waals surface area contributed by atoms with E-state index in [9.17, 15) is 4.79 Å². The smallest absolute Gasteiger partial charge is 0.146 e. The number of thioether (sulfide) groups is 1. The Kier molecular flexibility index (Phi) is 5.47. The zero-order valence-corrected chi connectivity index (χ0v) is 9.24. The van der Waals surface area contributed by atoms with Gasteiger partial charge in [-0.05, 0) is 25.1 Å². The molecule has 0 N–H and O–H groups in total. The molecule has 2 nitrogen and oxygen atoms in total. The average molecular weight is 201 g/mol. The Balaban J connectivity index is 2.21. The minimum Gasteiger partial charge on any atom is -0.298 e. The first-order chi connectivity index (χ1) is 6.33. The second kappa shape index (κ2) is 6.44. The Morgan fingerprint density at radius 3 is 3.00 bits per heavy atom. The van der Waals surface area contributed by atoms with Crippen LogP contribution in [-0.4, -0.2) is 41.8 Å². The van der Waals surface area contributed by atoms with Gasteiger partial charge in [-0.1, -0.05) is 6.92 Å².